The fourth-order valence-corrected chi connectivity index (χ4v) is 2.52. The van der Waals surface area contributed by atoms with Gasteiger partial charge in [0.25, 0.3) is 0 Å². The maximum atomic E-state index is 12.7. The molecule has 2 N–H and O–H groups in total. The summed E-state index contributed by atoms with van der Waals surface area (Å²) in [4.78, 5) is 12.7. The molecule has 0 aliphatic heterocycles. The van der Waals surface area contributed by atoms with Crippen molar-refractivity contribution in [2.24, 2.45) is 0 Å². The standard InChI is InChI=1S/C17H25N5O2/c1-4-17(24,5-2)12-18-16(23)15(22-13(3)19-20-21-22)11-14-9-7-6-8-10-14/h6-10,15,24H,4-5,11-12H2,1-3H3,(H,18,23). The number of nitrogens with zero attached hydrogens (tertiary/aromatic N) is 4. The molecule has 0 spiro atoms. The van der Waals surface area contributed by atoms with Crippen LogP contribution in [-0.4, -0.2) is 43.4 Å². The fraction of sp³-hybridized carbons (Fsp3) is 0.529. The number of hydrogen-bond donors (Lipinski definition) is 2. The third kappa shape index (κ3) is 4.38. The molecule has 0 saturated heterocycles. The summed E-state index contributed by atoms with van der Waals surface area (Å²) in [6.45, 7) is 5.79. The largest absolute Gasteiger partial charge is 0.388 e. The summed E-state index contributed by atoms with van der Waals surface area (Å²) in [6, 6.07) is 9.18. The number of nitrogens with one attached hydrogen (secondary N) is 1. The third-order valence-electron chi connectivity index (χ3n) is 4.44. The van der Waals surface area contributed by atoms with E-state index in [4.69, 9.17) is 0 Å². The highest BCUT2D eigenvalue weighted by Crippen LogP contribution is 2.17. The Labute approximate surface area is 142 Å². The molecule has 0 aliphatic rings. The average Bonchev–Trinajstić information content (AvgIpc) is 3.04. The second-order valence-corrected chi connectivity index (χ2v) is 6.03. The molecule has 0 aliphatic carbocycles. The Morgan fingerprint density at radius 3 is 2.50 bits per heavy atom. The SMILES string of the molecule is CCC(O)(CC)CNC(=O)C(Cc1ccccc1)n1nnnc1C. The summed E-state index contributed by atoms with van der Waals surface area (Å²) in [6.07, 6.45) is 1.64. The van der Waals surface area contributed by atoms with Crippen LogP contribution in [0.4, 0.5) is 0 Å². The van der Waals surface area contributed by atoms with Crippen molar-refractivity contribution < 1.29 is 9.90 Å². The fourth-order valence-electron chi connectivity index (χ4n) is 2.52. The molecule has 2 rings (SSSR count). The molecule has 0 radical (unpaired) electrons. The molecule has 7 nitrogen and oxygen atoms in total. The van der Waals surface area contributed by atoms with Crippen molar-refractivity contribution >= 4 is 5.91 Å². The number of aryl methyl sites for hydroxylation is 1. The number of rotatable bonds is 8. The van der Waals surface area contributed by atoms with Crippen LogP contribution in [-0.2, 0) is 11.2 Å². The van der Waals surface area contributed by atoms with E-state index >= 15 is 0 Å². The first-order valence-electron chi connectivity index (χ1n) is 8.27. The van der Waals surface area contributed by atoms with Crippen molar-refractivity contribution in [3.05, 3.63) is 41.7 Å². The van der Waals surface area contributed by atoms with Gasteiger partial charge in [0.1, 0.15) is 11.9 Å². The van der Waals surface area contributed by atoms with E-state index in [2.05, 4.69) is 20.8 Å². The lowest BCUT2D eigenvalue weighted by molar-refractivity contribution is -0.126. The molecule has 1 aromatic heterocycles. The van der Waals surface area contributed by atoms with Gasteiger partial charge in [-0.2, -0.15) is 0 Å². The summed E-state index contributed by atoms with van der Waals surface area (Å²) in [5, 5.41) is 24.7. The Kier molecular flexibility index (Phi) is 6.03. The van der Waals surface area contributed by atoms with E-state index in [0.717, 1.165) is 5.56 Å². The Morgan fingerprint density at radius 1 is 1.29 bits per heavy atom. The van der Waals surface area contributed by atoms with Crippen LogP contribution >= 0.6 is 0 Å². The predicted octanol–water partition coefficient (Wildman–Crippen LogP) is 1.43. The zero-order valence-corrected chi connectivity index (χ0v) is 14.4. The number of hydrogen-bond acceptors (Lipinski definition) is 5. The van der Waals surface area contributed by atoms with Gasteiger partial charge in [0.05, 0.1) is 5.60 Å². The van der Waals surface area contributed by atoms with Crippen LogP contribution in [0.1, 0.15) is 44.1 Å². The predicted molar refractivity (Wildman–Crippen MR) is 90.3 cm³/mol. The lowest BCUT2D eigenvalue weighted by Gasteiger charge is -2.27. The Hall–Kier alpha value is -2.28. The molecule has 7 heteroatoms. The van der Waals surface area contributed by atoms with E-state index in [9.17, 15) is 9.90 Å². The van der Waals surface area contributed by atoms with Gasteiger partial charge in [-0.3, -0.25) is 4.79 Å². The minimum Gasteiger partial charge on any atom is -0.388 e. The molecular weight excluding hydrogens is 306 g/mol. The highest BCUT2D eigenvalue weighted by Gasteiger charge is 2.28. The third-order valence-corrected chi connectivity index (χ3v) is 4.44. The number of amides is 1. The zero-order valence-electron chi connectivity index (χ0n) is 14.4. The van der Waals surface area contributed by atoms with Crippen LogP contribution < -0.4 is 5.32 Å². The van der Waals surface area contributed by atoms with Crippen molar-refractivity contribution in [3.8, 4) is 0 Å². The molecule has 1 heterocycles. The normalized spacial score (nSPS) is 12.8. The van der Waals surface area contributed by atoms with Gasteiger partial charge in [0, 0.05) is 13.0 Å². The van der Waals surface area contributed by atoms with Gasteiger partial charge >= 0.3 is 0 Å². The van der Waals surface area contributed by atoms with Gasteiger partial charge in [-0.25, -0.2) is 4.68 Å². The maximum absolute atomic E-state index is 12.7. The zero-order chi connectivity index (χ0) is 17.6. The molecule has 130 valence electrons. The number of carbonyl (C=O) groups is 1. The van der Waals surface area contributed by atoms with E-state index < -0.39 is 11.6 Å². The van der Waals surface area contributed by atoms with Crippen LogP contribution in [0.15, 0.2) is 30.3 Å². The summed E-state index contributed by atoms with van der Waals surface area (Å²) >= 11 is 0. The first-order valence-corrected chi connectivity index (χ1v) is 8.27. The average molecular weight is 331 g/mol. The van der Waals surface area contributed by atoms with Crippen LogP contribution in [0.2, 0.25) is 0 Å². The smallest absolute Gasteiger partial charge is 0.245 e. The maximum Gasteiger partial charge on any atom is 0.245 e. The molecule has 0 saturated carbocycles. The van der Waals surface area contributed by atoms with E-state index in [0.29, 0.717) is 25.1 Å². The summed E-state index contributed by atoms with van der Waals surface area (Å²) in [5.41, 5.74) is 0.136. The van der Waals surface area contributed by atoms with Gasteiger partial charge < -0.3 is 10.4 Å². The van der Waals surface area contributed by atoms with Crippen LogP contribution in [0.25, 0.3) is 0 Å². The van der Waals surface area contributed by atoms with Crippen LogP contribution in [0.5, 0.6) is 0 Å². The molecule has 24 heavy (non-hydrogen) atoms. The molecule has 0 fully saturated rings. The lowest BCUT2D eigenvalue weighted by atomic mass is 9.97. The van der Waals surface area contributed by atoms with Crippen molar-refractivity contribution in [2.75, 3.05) is 6.54 Å². The summed E-state index contributed by atoms with van der Waals surface area (Å²) < 4.78 is 1.53. The Morgan fingerprint density at radius 2 is 1.96 bits per heavy atom. The van der Waals surface area contributed by atoms with E-state index in [1.165, 1.54) is 4.68 Å². The Bertz CT molecular complexity index is 652. The van der Waals surface area contributed by atoms with E-state index in [-0.39, 0.29) is 12.5 Å². The van der Waals surface area contributed by atoms with Gasteiger partial charge in [0.15, 0.2) is 0 Å². The number of aliphatic hydroxyl groups is 1. The Balaban J connectivity index is 2.16. The molecule has 2 aromatic rings. The van der Waals surface area contributed by atoms with E-state index in [1.807, 2.05) is 44.2 Å². The highest BCUT2D eigenvalue weighted by molar-refractivity contribution is 5.80. The van der Waals surface area contributed by atoms with Gasteiger partial charge in [0.2, 0.25) is 5.91 Å². The summed E-state index contributed by atoms with van der Waals surface area (Å²) in [7, 11) is 0. The van der Waals surface area contributed by atoms with Crippen LogP contribution in [0.3, 0.4) is 0 Å². The number of carbonyl (C=O) groups excluding carboxylic acids is 1. The number of aromatic nitrogens is 4. The second-order valence-electron chi connectivity index (χ2n) is 6.03. The molecule has 1 unspecified atom stereocenters. The van der Waals surface area contributed by atoms with Gasteiger partial charge in [-0.15, -0.1) is 5.10 Å². The minimum atomic E-state index is -0.886. The van der Waals surface area contributed by atoms with Crippen molar-refractivity contribution in [1.82, 2.24) is 25.5 Å². The molecule has 1 atom stereocenters. The number of tetrazole rings is 1. The van der Waals surface area contributed by atoms with E-state index in [1.54, 1.807) is 6.92 Å². The molecule has 0 bridgehead atoms. The van der Waals surface area contributed by atoms with Crippen LogP contribution in [0, 0.1) is 6.92 Å². The first-order chi connectivity index (χ1) is 11.5. The van der Waals surface area contributed by atoms with Crippen molar-refractivity contribution in [1.29, 1.82) is 0 Å². The van der Waals surface area contributed by atoms with Gasteiger partial charge in [-0.1, -0.05) is 44.2 Å². The molecule has 1 amide bonds. The molecular formula is C17H25N5O2. The van der Waals surface area contributed by atoms with Gasteiger partial charge in [-0.05, 0) is 35.8 Å². The lowest BCUT2D eigenvalue weighted by Crippen LogP contribution is -2.45. The minimum absolute atomic E-state index is 0.199. The topological polar surface area (TPSA) is 92.9 Å². The summed E-state index contributed by atoms with van der Waals surface area (Å²) in [5.74, 6) is 0.377. The molecule has 1 aromatic carbocycles. The highest BCUT2D eigenvalue weighted by atomic mass is 16.3. The monoisotopic (exact) mass is 331 g/mol. The second kappa shape index (κ2) is 8.01. The van der Waals surface area contributed by atoms with Crippen molar-refractivity contribution in [3.63, 3.8) is 0 Å². The first kappa shape index (κ1) is 18.1. The van der Waals surface area contributed by atoms with Crippen molar-refractivity contribution in [2.45, 2.75) is 51.7 Å². The quantitative estimate of drug-likeness (QED) is 0.763. The number of benzene rings is 1.